The number of rotatable bonds is 8. The molecule has 0 N–H and O–H groups in total. The molecule has 0 saturated heterocycles. The molecule has 0 aliphatic carbocycles. The second kappa shape index (κ2) is 11.4. The molecule has 0 spiro atoms. The first-order valence-electron chi connectivity index (χ1n) is 12.2. The largest absolute Gasteiger partial charge is 0.497 e. The summed E-state index contributed by atoms with van der Waals surface area (Å²) in [5.41, 5.74) is 4.70. The molecule has 0 bridgehead atoms. The first-order chi connectivity index (χ1) is 18.1. The molecule has 0 saturated carbocycles. The van der Waals surface area contributed by atoms with E-state index < -0.39 is 9.84 Å². The van der Waals surface area contributed by atoms with Crippen molar-refractivity contribution in [3.63, 3.8) is 0 Å². The number of hydrogen-bond acceptors (Lipinski definition) is 6. The van der Waals surface area contributed by atoms with Gasteiger partial charge in [-0.15, -0.1) is 11.8 Å². The van der Waals surface area contributed by atoms with Gasteiger partial charge in [0.2, 0.25) is 0 Å². The van der Waals surface area contributed by atoms with Crippen LogP contribution in [-0.2, 0) is 15.3 Å². The van der Waals surface area contributed by atoms with Gasteiger partial charge in [0.15, 0.2) is 9.84 Å². The zero-order valence-electron chi connectivity index (χ0n) is 21.9. The molecule has 0 fully saturated rings. The zero-order chi connectivity index (χ0) is 27.3. The van der Waals surface area contributed by atoms with Crippen LogP contribution < -0.4 is 4.74 Å². The summed E-state index contributed by atoms with van der Waals surface area (Å²) in [5.74, 6) is 0.943. The molecule has 38 heavy (non-hydrogen) atoms. The average Bonchev–Trinajstić information content (AvgIpc) is 2.92. The van der Waals surface area contributed by atoms with E-state index >= 15 is 0 Å². The Bertz CT molecular complexity index is 1550. The summed E-state index contributed by atoms with van der Waals surface area (Å²) in [6.07, 6.45) is 0. The van der Waals surface area contributed by atoms with Crippen LogP contribution in [0.5, 0.6) is 5.75 Å². The predicted octanol–water partition coefficient (Wildman–Crippen LogP) is 7.16. The highest BCUT2D eigenvalue weighted by Crippen LogP contribution is 2.35. The molecule has 3 aromatic carbocycles. The molecule has 0 unspecified atom stereocenters. The highest BCUT2D eigenvalue weighted by molar-refractivity contribution is 8.00. The van der Waals surface area contributed by atoms with E-state index in [4.69, 9.17) is 9.72 Å². The molecule has 0 radical (unpaired) electrons. The number of aromatic nitrogens is 1. The summed E-state index contributed by atoms with van der Waals surface area (Å²) in [7, 11) is -1.87. The van der Waals surface area contributed by atoms with Gasteiger partial charge in [0.05, 0.1) is 29.0 Å². The van der Waals surface area contributed by atoms with Crippen LogP contribution >= 0.6 is 11.8 Å². The Morgan fingerprint density at radius 1 is 0.921 bits per heavy atom. The van der Waals surface area contributed by atoms with E-state index in [2.05, 4.69) is 26.8 Å². The zero-order valence-corrected chi connectivity index (χ0v) is 23.6. The van der Waals surface area contributed by atoms with Crippen LogP contribution in [0.4, 0.5) is 0 Å². The van der Waals surface area contributed by atoms with Gasteiger partial charge in [0.25, 0.3) is 0 Å². The Morgan fingerprint density at radius 3 is 2.16 bits per heavy atom. The van der Waals surface area contributed by atoms with Crippen molar-refractivity contribution in [3.8, 4) is 34.2 Å². The van der Waals surface area contributed by atoms with Crippen molar-refractivity contribution in [1.29, 1.82) is 5.26 Å². The van der Waals surface area contributed by atoms with E-state index in [1.54, 1.807) is 19.2 Å². The number of nitriles is 1. The Labute approximate surface area is 229 Å². The van der Waals surface area contributed by atoms with Crippen molar-refractivity contribution in [1.82, 2.24) is 4.98 Å². The Morgan fingerprint density at radius 2 is 1.58 bits per heavy atom. The molecule has 1 heterocycles. The summed E-state index contributed by atoms with van der Waals surface area (Å²) in [4.78, 5) is 5.09. The van der Waals surface area contributed by atoms with E-state index in [-0.39, 0.29) is 16.9 Å². The number of methoxy groups -OCH3 is 1. The van der Waals surface area contributed by atoms with E-state index in [1.165, 1.54) is 11.8 Å². The SMILES string of the molecule is COc1ccc(-c2cc(-c3ccccc3)c(C#N)c(SCCS(=O)(=O)c3ccc(C(C)(C)C)cc3)n2)cc1. The van der Waals surface area contributed by atoms with Gasteiger partial charge in [-0.1, -0.05) is 63.2 Å². The standard InChI is InChI=1S/C31H30N2O3S2/c1-31(2,3)24-12-16-26(17-13-24)38(34,35)19-18-37-30-28(21-32)27(22-8-6-5-7-9-22)20-29(33-30)23-10-14-25(36-4)15-11-23/h5-17,20H,18-19H2,1-4H3. The van der Waals surface area contributed by atoms with Crippen LogP contribution in [0.25, 0.3) is 22.4 Å². The van der Waals surface area contributed by atoms with Gasteiger partial charge in [-0.05, 0) is 59.0 Å². The van der Waals surface area contributed by atoms with Gasteiger partial charge in [-0.3, -0.25) is 0 Å². The van der Waals surface area contributed by atoms with Crippen LogP contribution in [0.2, 0.25) is 0 Å². The second-order valence-electron chi connectivity index (χ2n) is 9.88. The first kappa shape index (κ1) is 27.4. The van der Waals surface area contributed by atoms with E-state index in [0.717, 1.165) is 28.0 Å². The molecule has 0 atom stereocenters. The average molecular weight is 543 g/mol. The van der Waals surface area contributed by atoms with Gasteiger partial charge in [0.1, 0.15) is 16.8 Å². The maximum absolute atomic E-state index is 13.1. The van der Waals surface area contributed by atoms with Gasteiger partial charge in [-0.25, -0.2) is 13.4 Å². The van der Waals surface area contributed by atoms with Crippen molar-refractivity contribution in [2.45, 2.75) is 36.1 Å². The minimum absolute atomic E-state index is 0.0527. The Hall–Kier alpha value is -3.60. The Balaban J connectivity index is 1.64. The number of ether oxygens (including phenoxy) is 1. The topological polar surface area (TPSA) is 80.0 Å². The predicted molar refractivity (Wildman–Crippen MR) is 154 cm³/mol. The fourth-order valence-electron chi connectivity index (χ4n) is 4.02. The molecule has 0 aliphatic rings. The molecule has 194 valence electrons. The van der Waals surface area contributed by atoms with Gasteiger partial charge in [0, 0.05) is 16.9 Å². The third kappa shape index (κ3) is 6.27. The van der Waals surface area contributed by atoms with Gasteiger partial charge < -0.3 is 4.74 Å². The number of benzene rings is 3. The number of thioether (sulfide) groups is 1. The summed E-state index contributed by atoms with van der Waals surface area (Å²) < 4.78 is 31.4. The number of hydrogen-bond donors (Lipinski definition) is 0. The van der Waals surface area contributed by atoms with Crippen LogP contribution in [0, 0.1) is 11.3 Å². The monoisotopic (exact) mass is 542 g/mol. The smallest absolute Gasteiger partial charge is 0.179 e. The molecular weight excluding hydrogens is 512 g/mol. The van der Waals surface area contributed by atoms with Crippen LogP contribution in [0.15, 0.2) is 94.9 Å². The van der Waals surface area contributed by atoms with E-state index in [0.29, 0.717) is 21.2 Å². The normalized spacial score (nSPS) is 11.7. The van der Waals surface area contributed by atoms with Crippen molar-refractivity contribution >= 4 is 21.6 Å². The summed E-state index contributed by atoms with van der Waals surface area (Å²) in [5, 5.41) is 10.6. The maximum Gasteiger partial charge on any atom is 0.179 e. The summed E-state index contributed by atoms with van der Waals surface area (Å²) in [6, 6.07) is 28.6. The van der Waals surface area contributed by atoms with Crippen molar-refractivity contribution in [2.75, 3.05) is 18.6 Å². The van der Waals surface area contributed by atoms with Crippen LogP contribution in [0.1, 0.15) is 31.9 Å². The molecule has 7 heteroatoms. The fourth-order valence-corrected chi connectivity index (χ4v) is 6.67. The highest BCUT2D eigenvalue weighted by atomic mass is 32.2. The van der Waals surface area contributed by atoms with Crippen LogP contribution in [-0.4, -0.2) is 32.0 Å². The number of sulfone groups is 1. The fraction of sp³-hybridized carbons (Fsp3) is 0.226. The molecule has 4 aromatic rings. The van der Waals surface area contributed by atoms with Crippen LogP contribution in [0.3, 0.4) is 0 Å². The summed E-state index contributed by atoms with van der Waals surface area (Å²) >= 11 is 1.29. The van der Waals surface area contributed by atoms with E-state index in [9.17, 15) is 13.7 Å². The lowest BCUT2D eigenvalue weighted by molar-refractivity contribution is 0.415. The quantitative estimate of drug-likeness (QED) is 0.220. The summed E-state index contributed by atoms with van der Waals surface area (Å²) in [6.45, 7) is 6.28. The second-order valence-corrected chi connectivity index (χ2v) is 13.1. The van der Waals surface area contributed by atoms with Crippen molar-refractivity contribution in [3.05, 3.63) is 96.1 Å². The molecule has 0 aliphatic heterocycles. The molecular formula is C31H30N2O3S2. The van der Waals surface area contributed by atoms with Gasteiger partial charge in [-0.2, -0.15) is 5.26 Å². The third-order valence-corrected chi connectivity index (χ3v) is 9.21. The minimum Gasteiger partial charge on any atom is -0.497 e. The molecule has 1 aromatic heterocycles. The highest BCUT2D eigenvalue weighted by Gasteiger charge is 2.20. The maximum atomic E-state index is 13.1. The minimum atomic E-state index is -3.49. The molecule has 4 rings (SSSR count). The first-order valence-corrected chi connectivity index (χ1v) is 14.9. The van der Waals surface area contributed by atoms with Crippen molar-refractivity contribution in [2.24, 2.45) is 0 Å². The Kier molecular flexibility index (Phi) is 8.25. The lowest BCUT2D eigenvalue weighted by atomic mass is 9.87. The van der Waals surface area contributed by atoms with E-state index in [1.807, 2.05) is 72.8 Å². The van der Waals surface area contributed by atoms with Crippen molar-refractivity contribution < 1.29 is 13.2 Å². The third-order valence-electron chi connectivity index (χ3n) is 6.24. The molecule has 0 amide bonds. The molecule has 5 nitrogen and oxygen atoms in total. The lowest BCUT2D eigenvalue weighted by Gasteiger charge is -2.19. The van der Waals surface area contributed by atoms with Gasteiger partial charge >= 0.3 is 0 Å². The lowest BCUT2D eigenvalue weighted by Crippen LogP contribution is -2.13. The number of nitrogens with zero attached hydrogens (tertiary/aromatic N) is 2. The number of pyridine rings is 1.